The van der Waals surface area contributed by atoms with Crippen molar-refractivity contribution in [3.8, 4) is 0 Å². The number of carbonyl (C=O) groups excluding carboxylic acids is 2. The first-order valence-corrected chi connectivity index (χ1v) is 5.95. The van der Waals surface area contributed by atoms with Gasteiger partial charge in [0.1, 0.15) is 0 Å². The number of hydrogen-bond donors (Lipinski definition) is 2. The van der Waals surface area contributed by atoms with Crippen molar-refractivity contribution in [2.75, 3.05) is 5.32 Å². The van der Waals surface area contributed by atoms with Crippen LogP contribution >= 0.6 is 0 Å². The molecule has 1 atom stereocenters. The molecule has 9 heteroatoms. The number of halogens is 3. The second kappa shape index (κ2) is 5.88. The zero-order valence-electron chi connectivity index (χ0n) is 10.9. The summed E-state index contributed by atoms with van der Waals surface area (Å²) in [6, 6.07) is 6.34. The number of ether oxygens (including phenoxy) is 1. The largest absolute Gasteiger partial charge is 0.491 e. The summed E-state index contributed by atoms with van der Waals surface area (Å²) in [7, 11) is 0. The number of nitrogens with one attached hydrogen (secondary N) is 1. The van der Waals surface area contributed by atoms with Crippen LogP contribution < -0.4 is 11.1 Å². The van der Waals surface area contributed by atoms with Gasteiger partial charge in [-0.2, -0.15) is 13.2 Å². The van der Waals surface area contributed by atoms with Crippen molar-refractivity contribution in [1.29, 1.82) is 0 Å². The number of esters is 1. The molecule has 22 heavy (non-hydrogen) atoms. The van der Waals surface area contributed by atoms with Crippen LogP contribution in [0.5, 0.6) is 0 Å². The van der Waals surface area contributed by atoms with Crippen LogP contribution in [0.2, 0.25) is 0 Å². The summed E-state index contributed by atoms with van der Waals surface area (Å²) < 4.78 is 40.5. The molecule has 1 amide bonds. The summed E-state index contributed by atoms with van der Waals surface area (Å²) in [4.78, 5) is 25.8. The lowest BCUT2D eigenvalue weighted by Gasteiger charge is -2.18. The van der Waals surface area contributed by atoms with Crippen molar-refractivity contribution in [1.82, 2.24) is 4.98 Å². The van der Waals surface area contributed by atoms with Crippen molar-refractivity contribution in [3.63, 3.8) is 0 Å². The number of benzene rings is 1. The van der Waals surface area contributed by atoms with E-state index in [2.05, 4.69) is 15.0 Å². The van der Waals surface area contributed by atoms with E-state index in [9.17, 15) is 22.8 Å². The van der Waals surface area contributed by atoms with Gasteiger partial charge in [-0.25, -0.2) is 4.79 Å². The molecule has 116 valence electrons. The van der Waals surface area contributed by atoms with Crippen LogP contribution in [0.4, 0.5) is 18.9 Å². The summed E-state index contributed by atoms with van der Waals surface area (Å²) in [5.41, 5.74) is 5.19. The number of amides is 1. The summed E-state index contributed by atoms with van der Waals surface area (Å²) >= 11 is 0. The SMILES string of the molecule is NC(=O)C(Nc1ccc2cnccc2c1)OC(=O)C(F)(F)F. The lowest BCUT2D eigenvalue weighted by atomic mass is 10.1. The van der Waals surface area contributed by atoms with E-state index in [1.54, 1.807) is 24.4 Å². The molecule has 0 radical (unpaired) electrons. The minimum atomic E-state index is -5.22. The Morgan fingerprint density at radius 2 is 1.95 bits per heavy atom. The topological polar surface area (TPSA) is 94.3 Å². The molecule has 3 N–H and O–H groups in total. The van der Waals surface area contributed by atoms with Gasteiger partial charge in [0.05, 0.1) is 0 Å². The molecule has 0 bridgehead atoms. The number of hydrogen-bond acceptors (Lipinski definition) is 5. The number of rotatable bonds is 4. The van der Waals surface area contributed by atoms with Gasteiger partial charge in [0.2, 0.25) is 0 Å². The number of nitrogens with two attached hydrogens (primary N) is 1. The molecule has 0 saturated heterocycles. The molecule has 1 aromatic carbocycles. The van der Waals surface area contributed by atoms with Gasteiger partial charge in [-0.05, 0) is 23.6 Å². The van der Waals surface area contributed by atoms with Gasteiger partial charge in [-0.15, -0.1) is 0 Å². The molecule has 0 aliphatic heterocycles. The van der Waals surface area contributed by atoms with Crippen molar-refractivity contribution in [2.45, 2.75) is 12.4 Å². The first-order valence-electron chi connectivity index (χ1n) is 5.95. The Morgan fingerprint density at radius 3 is 2.59 bits per heavy atom. The van der Waals surface area contributed by atoms with E-state index in [0.29, 0.717) is 0 Å². The Morgan fingerprint density at radius 1 is 1.23 bits per heavy atom. The molecule has 0 aliphatic rings. The van der Waals surface area contributed by atoms with E-state index in [1.165, 1.54) is 12.3 Å². The van der Waals surface area contributed by atoms with Crippen LogP contribution in [0.25, 0.3) is 10.8 Å². The van der Waals surface area contributed by atoms with E-state index < -0.39 is 24.3 Å². The minimum absolute atomic E-state index is 0.262. The third-order valence-corrected chi connectivity index (χ3v) is 2.65. The molecule has 0 spiro atoms. The second-order valence-corrected chi connectivity index (χ2v) is 4.27. The number of anilines is 1. The zero-order chi connectivity index (χ0) is 16.3. The highest BCUT2D eigenvalue weighted by molar-refractivity contribution is 5.88. The summed E-state index contributed by atoms with van der Waals surface area (Å²) in [5.74, 6) is -3.76. The van der Waals surface area contributed by atoms with Crippen LogP contribution in [-0.4, -0.2) is 29.3 Å². The normalized spacial score (nSPS) is 12.7. The van der Waals surface area contributed by atoms with Gasteiger partial charge in [-0.1, -0.05) is 6.07 Å². The summed E-state index contributed by atoms with van der Waals surface area (Å²) in [6.07, 6.45) is -4.03. The molecule has 6 nitrogen and oxygen atoms in total. The Hall–Kier alpha value is -2.84. The monoisotopic (exact) mass is 313 g/mol. The maximum Gasteiger partial charge on any atom is 0.491 e. The third-order valence-electron chi connectivity index (χ3n) is 2.65. The molecular weight excluding hydrogens is 303 g/mol. The maximum atomic E-state index is 12.2. The smallest absolute Gasteiger partial charge is 0.425 e. The van der Waals surface area contributed by atoms with Crippen LogP contribution in [0.1, 0.15) is 0 Å². The number of primary amides is 1. The van der Waals surface area contributed by atoms with Gasteiger partial charge >= 0.3 is 12.1 Å². The van der Waals surface area contributed by atoms with Crippen molar-refractivity contribution >= 4 is 28.3 Å². The fourth-order valence-corrected chi connectivity index (χ4v) is 1.66. The van der Waals surface area contributed by atoms with E-state index >= 15 is 0 Å². The highest BCUT2D eigenvalue weighted by atomic mass is 19.4. The number of carbonyl (C=O) groups is 2. The van der Waals surface area contributed by atoms with Crippen LogP contribution in [0.15, 0.2) is 36.7 Å². The van der Waals surface area contributed by atoms with Crippen molar-refractivity contribution in [2.24, 2.45) is 5.73 Å². The average Bonchev–Trinajstić information content (AvgIpc) is 2.45. The Labute approximate surface area is 122 Å². The van der Waals surface area contributed by atoms with Crippen LogP contribution in [0.3, 0.4) is 0 Å². The summed E-state index contributed by atoms with van der Waals surface area (Å²) in [5, 5.41) is 3.85. The van der Waals surface area contributed by atoms with Gasteiger partial charge in [0.25, 0.3) is 12.1 Å². The number of aromatic nitrogens is 1. The van der Waals surface area contributed by atoms with E-state index in [-0.39, 0.29) is 5.69 Å². The molecule has 0 fully saturated rings. The van der Waals surface area contributed by atoms with Crippen molar-refractivity contribution in [3.05, 3.63) is 36.7 Å². The summed E-state index contributed by atoms with van der Waals surface area (Å²) in [6.45, 7) is 0. The minimum Gasteiger partial charge on any atom is -0.425 e. The Kier molecular flexibility index (Phi) is 4.15. The molecular formula is C13H10F3N3O3. The molecule has 0 aliphatic carbocycles. The van der Waals surface area contributed by atoms with Gasteiger partial charge in [0.15, 0.2) is 0 Å². The van der Waals surface area contributed by atoms with Crippen LogP contribution in [0, 0.1) is 0 Å². The second-order valence-electron chi connectivity index (χ2n) is 4.27. The maximum absolute atomic E-state index is 12.2. The zero-order valence-corrected chi connectivity index (χ0v) is 10.9. The standard InChI is InChI=1S/C13H10F3N3O3/c14-13(15,16)12(21)22-11(10(17)20)19-9-2-1-8-6-18-4-3-7(8)5-9/h1-6,11,19H,(H2,17,20). The molecule has 1 aromatic heterocycles. The molecule has 2 rings (SSSR count). The molecule has 2 aromatic rings. The predicted molar refractivity (Wildman–Crippen MR) is 70.5 cm³/mol. The Bertz CT molecular complexity index is 718. The first kappa shape index (κ1) is 15.5. The van der Waals surface area contributed by atoms with Crippen LogP contribution in [-0.2, 0) is 14.3 Å². The lowest BCUT2D eigenvalue weighted by Crippen LogP contribution is -2.42. The average molecular weight is 313 g/mol. The quantitative estimate of drug-likeness (QED) is 0.660. The number of nitrogens with zero attached hydrogens (tertiary/aromatic N) is 1. The van der Waals surface area contributed by atoms with Gasteiger partial charge < -0.3 is 15.8 Å². The molecule has 1 unspecified atom stereocenters. The number of alkyl halides is 3. The number of pyridine rings is 1. The van der Waals surface area contributed by atoms with Crippen molar-refractivity contribution < 1.29 is 27.5 Å². The molecule has 0 saturated carbocycles. The van der Waals surface area contributed by atoms with E-state index in [1.807, 2.05) is 0 Å². The number of fused-ring (bicyclic) bond motifs is 1. The molecule has 1 heterocycles. The third kappa shape index (κ3) is 3.62. The Balaban J connectivity index is 2.19. The lowest BCUT2D eigenvalue weighted by molar-refractivity contribution is -0.203. The fraction of sp³-hybridized carbons (Fsp3) is 0.154. The predicted octanol–water partition coefficient (Wildman–Crippen LogP) is 1.56. The van der Waals surface area contributed by atoms with Gasteiger partial charge in [-0.3, -0.25) is 9.78 Å². The fourth-order valence-electron chi connectivity index (χ4n) is 1.66. The highest BCUT2D eigenvalue weighted by Gasteiger charge is 2.43. The van der Waals surface area contributed by atoms with E-state index in [4.69, 9.17) is 5.73 Å². The van der Waals surface area contributed by atoms with Gasteiger partial charge in [0, 0.05) is 23.5 Å². The van der Waals surface area contributed by atoms with E-state index in [0.717, 1.165) is 10.8 Å². The first-order chi connectivity index (χ1) is 10.3. The highest BCUT2D eigenvalue weighted by Crippen LogP contribution is 2.21.